The molecule has 2 aliphatic heterocycles. The molecule has 2 aromatic carbocycles. The van der Waals surface area contributed by atoms with E-state index in [4.69, 9.17) is 19.5 Å². The number of methoxy groups -OCH3 is 2. The monoisotopic (exact) mass is 473 g/mol. The highest BCUT2D eigenvalue weighted by Gasteiger charge is 2.42. The van der Waals surface area contributed by atoms with Crippen LogP contribution in [0.15, 0.2) is 63.4 Å². The van der Waals surface area contributed by atoms with Crippen LogP contribution < -0.4 is 9.47 Å². The molecule has 1 spiro atoms. The molecular formula is C23H27N3O4S2. The van der Waals surface area contributed by atoms with Crippen molar-refractivity contribution in [1.82, 2.24) is 4.31 Å². The molecule has 0 amide bonds. The number of benzene rings is 2. The number of hydrogen-bond acceptors (Lipinski definition) is 7. The molecule has 0 aliphatic carbocycles. The van der Waals surface area contributed by atoms with Gasteiger partial charge in [0, 0.05) is 37.6 Å². The molecule has 0 bridgehead atoms. The maximum atomic E-state index is 13.3. The van der Waals surface area contributed by atoms with Crippen molar-refractivity contribution >= 4 is 32.5 Å². The average Bonchev–Trinajstić information content (AvgIpc) is 3.17. The Hall–Kier alpha value is -2.36. The Balaban J connectivity index is 1.56. The van der Waals surface area contributed by atoms with E-state index in [2.05, 4.69) is 6.92 Å². The fourth-order valence-corrected chi connectivity index (χ4v) is 6.24. The number of nitrogens with zero attached hydrogens (tertiary/aromatic N) is 3. The average molecular weight is 474 g/mol. The van der Waals surface area contributed by atoms with E-state index in [0.29, 0.717) is 37.4 Å². The smallest absolute Gasteiger partial charge is 0.243 e. The molecule has 0 radical (unpaired) electrons. The molecule has 32 heavy (non-hydrogen) atoms. The fraction of sp³-hybridized carbons (Fsp3) is 0.391. The van der Waals surface area contributed by atoms with Crippen LogP contribution in [0.1, 0.15) is 25.3 Å². The minimum atomic E-state index is -3.66. The summed E-state index contributed by atoms with van der Waals surface area (Å²) in [7, 11) is -0.647. The number of sulfonamides is 1. The zero-order valence-electron chi connectivity index (χ0n) is 18.4. The van der Waals surface area contributed by atoms with Gasteiger partial charge in [0.1, 0.15) is 5.04 Å². The summed E-state index contributed by atoms with van der Waals surface area (Å²) < 4.78 is 38.5. The number of thioether (sulfide) groups is 1. The standard InChI is InChI=1S/C23H27N3O4S2/c1-4-31-22-21(17-8-6-5-7-9-17)24-23(25-22)12-14-26(15-13-23)32(27,28)18-10-11-19(29-2)20(16-18)30-3/h5-11,16H,4,12-15H2,1-3H3. The van der Waals surface area contributed by atoms with Crippen molar-refractivity contribution in [3.8, 4) is 11.5 Å². The third-order valence-corrected chi connectivity index (χ3v) is 8.42. The quantitative estimate of drug-likeness (QED) is 0.637. The highest BCUT2D eigenvalue weighted by molar-refractivity contribution is 8.15. The summed E-state index contributed by atoms with van der Waals surface area (Å²) >= 11 is 1.68. The Labute approximate surface area is 193 Å². The van der Waals surface area contributed by atoms with Gasteiger partial charge in [-0.15, -0.1) is 11.8 Å². The minimum Gasteiger partial charge on any atom is -0.493 e. The van der Waals surface area contributed by atoms with Crippen LogP contribution in [0.3, 0.4) is 0 Å². The number of piperidine rings is 1. The molecule has 170 valence electrons. The molecule has 0 atom stereocenters. The lowest BCUT2D eigenvalue weighted by molar-refractivity contribution is 0.249. The van der Waals surface area contributed by atoms with Crippen LogP contribution in [0, 0.1) is 0 Å². The zero-order valence-corrected chi connectivity index (χ0v) is 20.1. The Morgan fingerprint density at radius 2 is 1.69 bits per heavy atom. The fourth-order valence-electron chi connectivity index (χ4n) is 3.98. The van der Waals surface area contributed by atoms with E-state index in [0.717, 1.165) is 22.1 Å². The van der Waals surface area contributed by atoms with E-state index in [1.165, 1.54) is 24.6 Å². The van der Waals surface area contributed by atoms with Gasteiger partial charge < -0.3 is 9.47 Å². The second kappa shape index (κ2) is 9.25. The van der Waals surface area contributed by atoms with Crippen LogP contribution in [0.5, 0.6) is 11.5 Å². The topological polar surface area (TPSA) is 80.6 Å². The highest BCUT2D eigenvalue weighted by Crippen LogP contribution is 2.38. The normalized spacial score (nSPS) is 18.3. The van der Waals surface area contributed by atoms with Crippen molar-refractivity contribution in [1.29, 1.82) is 0 Å². The predicted octanol–water partition coefficient (Wildman–Crippen LogP) is 3.84. The number of ether oxygens (including phenoxy) is 2. The van der Waals surface area contributed by atoms with Crippen molar-refractivity contribution < 1.29 is 17.9 Å². The van der Waals surface area contributed by atoms with Gasteiger partial charge in [-0.2, -0.15) is 4.31 Å². The largest absolute Gasteiger partial charge is 0.493 e. The van der Waals surface area contributed by atoms with Gasteiger partial charge in [0.05, 0.1) is 24.8 Å². The summed E-state index contributed by atoms with van der Waals surface area (Å²) in [5.74, 6) is 1.79. The minimum absolute atomic E-state index is 0.191. The van der Waals surface area contributed by atoms with E-state index < -0.39 is 15.7 Å². The van der Waals surface area contributed by atoms with Crippen LogP contribution >= 0.6 is 11.8 Å². The number of rotatable bonds is 6. The van der Waals surface area contributed by atoms with Gasteiger partial charge >= 0.3 is 0 Å². The van der Waals surface area contributed by atoms with Crippen LogP contribution in [-0.2, 0) is 10.0 Å². The first-order chi connectivity index (χ1) is 15.4. The van der Waals surface area contributed by atoms with Crippen molar-refractivity contribution in [3.05, 3.63) is 54.1 Å². The molecule has 2 aromatic rings. The van der Waals surface area contributed by atoms with Gasteiger partial charge in [-0.05, 0) is 17.9 Å². The van der Waals surface area contributed by atoms with Gasteiger partial charge in [-0.3, -0.25) is 4.99 Å². The van der Waals surface area contributed by atoms with Gasteiger partial charge in [0.15, 0.2) is 17.2 Å². The van der Waals surface area contributed by atoms with Crippen LogP contribution in [0.4, 0.5) is 0 Å². The van der Waals surface area contributed by atoms with E-state index in [-0.39, 0.29) is 4.90 Å². The summed E-state index contributed by atoms with van der Waals surface area (Å²) in [6.07, 6.45) is 1.09. The Morgan fingerprint density at radius 1 is 1.00 bits per heavy atom. The summed E-state index contributed by atoms with van der Waals surface area (Å²) in [4.78, 5) is 10.2. The van der Waals surface area contributed by atoms with Crippen molar-refractivity contribution in [2.45, 2.75) is 30.3 Å². The van der Waals surface area contributed by atoms with Crippen molar-refractivity contribution in [2.24, 2.45) is 9.98 Å². The second-order valence-electron chi connectivity index (χ2n) is 7.58. The van der Waals surface area contributed by atoms with Crippen LogP contribution in [-0.4, -0.2) is 62.2 Å². The molecule has 4 rings (SSSR count). The Bertz CT molecular complexity index is 1140. The summed E-state index contributed by atoms with van der Waals surface area (Å²) in [6.45, 7) is 2.81. The van der Waals surface area contributed by atoms with Crippen LogP contribution in [0.25, 0.3) is 0 Å². The SMILES string of the molecule is CCSC1=NC2(CCN(S(=O)(=O)c3ccc(OC)c(OC)c3)CC2)N=C1c1ccccc1. The maximum absolute atomic E-state index is 13.3. The van der Waals surface area contributed by atoms with Crippen LogP contribution in [0.2, 0.25) is 0 Å². The van der Waals surface area contributed by atoms with E-state index >= 15 is 0 Å². The summed E-state index contributed by atoms with van der Waals surface area (Å²) in [5, 5.41) is 0.940. The van der Waals surface area contributed by atoms with E-state index in [1.807, 2.05) is 30.3 Å². The van der Waals surface area contributed by atoms with Gasteiger partial charge in [-0.25, -0.2) is 13.4 Å². The van der Waals surface area contributed by atoms with Gasteiger partial charge in [-0.1, -0.05) is 37.3 Å². The first kappa shape index (κ1) is 22.8. The van der Waals surface area contributed by atoms with Crippen molar-refractivity contribution in [3.63, 3.8) is 0 Å². The molecule has 2 aliphatic rings. The molecule has 0 N–H and O–H groups in total. The predicted molar refractivity (Wildman–Crippen MR) is 129 cm³/mol. The van der Waals surface area contributed by atoms with E-state index in [1.54, 1.807) is 23.9 Å². The lowest BCUT2D eigenvalue weighted by Gasteiger charge is -2.34. The first-order valence-corrected chi connectivity index (χ1v) is 13.0. The third-order valence-electron chi connectivity index (χ3n) is 5.68. The zero-order chi connectivity index (χ0) is 22.8. The molecule has 7 nitrogen and oxygen atoms in total. The lowest BCUT2D eigenvalue weighted by Crippen LogP contribution is -2.44. The Morgan fingerprint density at radius 3 is 2.31 bits per heavy atom. The van der Waals surface area contributed by atoms with Crippen molar-refractivity contribution in [2.75, 3.05) is 33.1 Å². The molecule has 0 saturated carbocycles. The molecule has 9 heteroatoms. The Kier molecular flexibility index (Phi) is 6.60. The molecule has 0 aromatic heterocycles. The molecule has 1 fully saturated rings. The highest BCUT2D eigenvalue weighted by atomic mass is 32.2. The lowest BCUT2D eigenvalue weighted by atomic mass is 10.00. The van der Waals surface area contributed by atoms with E-state index in [9.17, 15) is 8.42 Å². The summed E-state index contributed by atoms with van der Waals surface area (Å²) in [5.41, 5.74) is 1.37. The third kappa shape index (κ3) is 4.29. The molecule has 1 saturated heterocycles. The molecular weight excluding hydrogens is 446 g/mol. The summed E-state index contributed by atoms with van der Waals surface area (Å²) in [6, 6.07) is 14.7. The number of aliphatic imine (C=N–C) groups is 2. The van der Waals surface area contributed by atoms with Gasteiger partial charge in [0.2, 0.25) is 10.0 Å². The molecule has 0 unspecified atom stereocenters. The second-order valence-corrected chi connectivity index (χ2v) is 10.8. The molecule has 2 heterocycles. The maximum Gasteiger partial charge on any atom is 0.243 e. The number of hydrogen-bond donors (Lipinski definition) is 0. The first-order valence-electron chi connectivity index (χ1n) is 10.5. The van der Waals surface area contributed by atoms with Gasteiger partial charge in [0.25, 0.3) is 0 Å².